The molecule has 0 saturated heterocycles. The van der Waals surface area contributed by atoms with Crippen LogP contribution in [0.25, 0.3) is 0 Å². The normalized spacial score (nSPS) is 11.3. The first kappa shape index (κ1) is 11.3. The Balaban J connectivity index is 4.39. The van der Waals surface area contributed by atoms with Crippen LogP contribution >= 0.6 is 19.5 Å². The molecule has 0 rings (SSSR count). The Morgan fingerprint density at radius 1 is 1.18 bits per heavy atom. The average molecular weight is 192 g/mol. The van der Waals surface area contributed by atoms with Crippen molar-refractivity contribution in [1.82, 2.24) is 5.32 Å². The summed E-state index contributed by atoms with van der Waals surface area (Å²) in [5, 5.41) is 3.14. The second-order valence-corrected chi connectivity index (χ2v) is 7.99. The van der Waals surface area contributed by atoms with Gasteiger partial charge < -0.3 is 5.32 Å². The van der Waals surface area contributed by atoms with Crippen LogP contribution < -0.4 is 5.32 Å². The summed E-state index contributed by atoms with van der Waals surface area (Å²) < 4.78 is 1.13. The summed E-state index contributed by atoms with van der Waals surface area (Å²) in [5.41, 5.74) is 0. The molecule has 0 amide bonds. The molecule has 0 aromatic heterocycles. The van der Waals surface area contributed by atoms with Crippen LogP contribution in [-0.2, 0) is 0 Å². The van der Waals surface area contributed by atoms with Crippen molar-refractivity contribution in [3.63, 3.8) is 0 Å². The Morgan fingerprint density at radius 3 is 1.64 bits per heavy atom. The molecule has 0 spiro atoms. The highest BCUT2D eigenvalue weighted by Gasteiger charge is 2.36. The van der Waals surface area contributed by atoms with Gasteiger partial charge >= 0.3 is 0 Å². The zero-order valence-corrected chi connectivity index (χ0v) is 9.69. The number of hydrogen-bond acceptors (Lipinski definition) is 1. The van der Waals surface area contributed by atoms with Gasteiger partial charge in [-0.25, -0.2) is 0 Å². The van der Waals surface area contributed by atoms with Gasteiger partial charge in [-0.1, -0.05) is 0 Å². The third kappa shape index (κ3) is 2.38. The zero-order chi connectivity index (χ0) is 8.91. The summed E-state index contributed by atoms with van der Waals surface area (Å²) in [6, 6.07) is 0. The molecule has 0 fully saturated rings. The second kappa shape index (κ2) is 5.05. The molecule has 1 N–H and O–H groups in total. The highest BCUT2D eigenvalue weighted by molar-refractivity contribution is 8.06. The lowest BCUT2D eigenvalue weighted by Gasteiger charge is -2.22. The smallest absolute Gasteiger partial charge is 0.221 e. The fourth-order valence-electron chi connectivity index (χ4n) is 1.34. The molecule has 11 heavy (non-hydrogen) atoms. The molecular formula is C8H19NPS+. The fourth-order valence-corrected chi connectivity index (χ4v) is 5.18. The van der Waals surface area contributed by atoms with Gasteiger partial charge in [0.05, 0.1) is 25.7 Å². The van der Waals surface area contributed by atoms with Crippen molar-refractivity contribution in [2.24, 2.45) is 0 Å². The standard InChI is InChI=1S/C8H18NPS/c1-5-10(6-2,7-3)8(11)9-4/h5-7H2,1-4H3/p+1. The van der Waals surface area contributed by atoms with Gasteiger partial charge in [0.1, 0.15) is 0 Å². The van der Waals surface area contributed by atoms with Crippen molar-refractivity contribution in [2.45, 2.75) is 20.8 Å². The van der Waals surface area contributed by atoms with Gasteiger partial charge in [-0.15, -0.1) is 0 Å². The SMILES string of the molecule is CC[P+](CC)(CC)C(=S)NC. The van der Waals surface area contributed by atoms with E-state index in [1.807, 2.05) is 7.05 Å². The van der Waals surface area contributed by atoms with Crippen LogP contribution in [0, 0.1) is 0 Å². The van der Waals surface area contributed by atoms with E-state index >= 15 is 0 Å². The second-order valence-electron chi connectivity index (χ2n) is 2.65. The maximum Gasteiger partial charge on any atom is 0.221 e. The predicted molar refractivity (Wildman–Crippen MR) is 60.2 cm³/mol. The van der Waals surface area contributed by atoms with Crippen molar-refractivity contribution in [3.05, 3.63) is 0 Å². The summed E-state index contributed by atoms with van der Waals surface area (Å²) in [5.74, 6) is 0. The van der Waals surface area contributed by atoms with E-state index in [-0.39, 0.29) is 0 Å². The first-order valence-corrected chi connectivity index (χ1v) is 7.00. The van der Waals surface area contributed by atoms with Crippen LogP contribution in [0.5, 0.6) is 0 Å². The Kier molecular flexibility index (Phi) is 5.20. The molecule has 66 valence electrons. The Morgan fingerprint density at radius 2 is 1.55 bits per heavy atom. The summed E-state index contributed by atoms with van der Waals surface area (Å²) in [4.78, 5) is 0. The molecular weight excluding hydrogens is 173 g/mol. The molecule has 0 aromatic rings. The average Bonchev–Trinajstić information content (AvgIpc) is 2.08. The van der Waals surface area contributed by atoms with E-state index < -0.39 is 7.26 Å². The van der Waals surface area contributed by atoms with Crippen molar-refractivity contribution >= 4 is 24.2 Å². The first-order chi connectivity index (χ1) is 5.16. The highest BCUT2D eigenvalue weighted by atomic mass is 32.1. The molecule has 0 atom stereocenters. The van der Waals surface area contributed by atoms with Gasteiger partial charge in [0.15, 0.2) is 0 Å². The Labute approximate surface area is 76.3 Å². The quantitative estimate of drug-likeness (QED) is 0.542. The third-order valence-corrected chi connectivity index (χ3v) is 8.54. The minimum Gasteiger partial charge on any atom is -0.351 e. The van der Waals surface area contributed by atoms with Gasteiger partial charge in [-0.05, 0) is 33.0 Å². The van der Waals surface area contributed by atoms with Crippen molar-refractivity contribution < 1.29 is 0 Å². The van der Waals surface area contributed by atoms with E-state index in [9.17, 15) is 0 Å². The van der Waals surface area contributed by atoms with Gasteiger partial charge in [0, 0.05) is 7.05 Å². The largest absolute Gasteiger partial charge is 0.351 e. The molecule has 0 saturated carbocycles. The van der Waals surface area contributed by atoms with E-state index in [4.69, 9.17) is 12.2 Å². The van der Waals surface area contributed by atoms with Gasteiger partial charge in [-0.3, -0.25) is 0 Å². The summed E-state index contributed by atoms with van der Waals surface area (Å²) in [6.07, 6.45) is 3.75. The predicted octanol–water partition coefficient (Wildman–Crippen LogP) is 2.57. The fraction of sp³-hybridized carbons (Fsp3) is 0.875. The van der Waals surface area contributed by atoms with E-state index in [1.165, 1.54) is 18.5 Å². The molecule has 0 aliphatic heterocycles. The monoisotopic (exact) mass is 192 g/mol. The van der Waals surface area contributed by atoms with Crippen LogP contribution in [0.1, 0.15) is 20.8 Å². The topological polar surface area (TPSA) is 12.0 Å². The van der Waals surface area contributed by atoms with E-state index in [1.54, 1.807) is 0 Å². The summed E-state index contributed by atoms with van der Waals surface area (Å²) in [7, 11) is 1.03. The van der Waals surface area contributed by atoms with Crippen molar-refractivity contribution in [1.29, 1.82) is 0 Å². The highest BCUT2D eigenvalue weighted by Crippen LogP contribution is 2.58. The first-order valence-electron chi connectivity index (χ1n) is 4.25. The van der Waals surface area contributed by atoms with Gasteiger partial charge in [0.2, 0.25) is 4.73 Å². The van der Waals surface area contributed by atoms with Crippen LogP contribution in [0.15, 0.2) is 0 Å². The molecule has 0 aliphatic carbocycles. The number of nitrogens with one attached hydrogen (secondary N) is 1. The van der Waals surface area contributed by atoms with Crippen LogP contribution in [-0.4, -0.2) is 30.3 Å². The molecule has 0 aliphatic rings. The minimum absolute atomic E-state index is 0.910. The minimum atomic E-state index is -0.910. The molecule has 3 heteroatoms. The number of thiocarbonyl (C=S) groups is 1. The summed E-state index contributed by atoms with van der Waals surface area (Å²) >= 11 is 5.32. The van der Waals surface area contributed by atoms with E-state index in [2.05, 4.69) is 26.1 Å². The number of rotatable bonds is 4. The molecule has 0 bridgehead atoms. The maximum absolute atomic E-state index is 5.32. The Hall–Kier alpha value is 0.320. The van der Waals surface area contributed by atoms with Crippen molar-refractivity contribution in [3.8, 4) is 0 Å². The van der Waals surface area contributed by atoms with Gasteiger partial charge in [0.25, 0.3) is 0 Å². The molecule has 1 nitrogen and oxygen atoms in total. The van der Waals surface area contributed by atoms with E-state index in [0.717, 1.165) is 4.73 Å². The Bertz CT molecular complexity index is 124. The molecule has 0 heterocycles. The molecule has 0 radical (unpaired) electrons. The van der Waals surface area contributed by atoms with E-state index in [0.29, 0.717) is 0 Å². The van der Waals surface area contributed by atoms with Crippen molar-refractivity contribution in [2.75, 3.05) is 25.5 Å². The van der Waals surface area contributed by atoms with Crippen LogP contribution in [0.4, 0.5) is 0 Å². The van der Waals surface area contributed by atoms with Crippen LogP contribution in [0.2, 0.25) is 0 Å². The van der Waals surface area contributed by atoms with Gasteiger partial charge in [-0.2, -0.15) is 0 Å². The number of hydrogen-bond donors (Lipinski definition) is 1. The lowest BCUT2D eigenvalue weighted by atomic mass is 10.9. The third-order valence-electron chi connectivity index (χ3n) is 2.46. The molecule has 0 aromatic carbocycles. The summed E-state index contributed by atoms with van der Waals surface area (Å²) in [6.45, 7) is 6.76. The molecule has 0 unspecified atom stereocenters. The lowest BCUT2D eigenvalue weighted by Crippen LogP contribution is -2.23. The zero-order valence-electron chi connectivity index (χ0n) is 7.98. The lowest BCUT2D eigenvalue weighted by molar-refractivity contribution is 1.21. The maximum atomic E-state index is 5.32. The van der Waals surface area contributed by atoms with Crippen LogP contribution in [0.3, 0.4) is 0 Å².